The van der Waals surface area contributed by atoms with Gasteiger partial charge < -0.3 is 14.8 Å². The van der Waals surface area contributed by atoms with Crippen molar-refractivity contribution in [3.05, 3.63) is 48.5 Å². The second-order valence-electron chi connectivity index (χ2n) is 6.19. The molecule has 1 saturated heterocycles. The van der Waals surface area contributed by atoms with Crippen LogP contribution in [0.5, 0.6) is 0 Å². The van der Waals surface area contributed by atoms with Crippen molar-refractivity contribution in [2.75, 3.05) is 12.8 Å². The van der Waals surface area contributed by atoms with Crippen LogP contribution in [0, 0.1) is 0 Å². The number of nitrogens with zero attached hydrogens (tertiary/aromatic N) is 3. The molecule has 3 rings (SSSR count). The Morgan fingerprint density at radius 2 is 2.21 bits per heavy atom. The molecule has 0 bridgehead atoms. The summed E-state index contributed by atoms with van der Waals surface area (Å²) in [6.45, 7) is 3.67. The van der Waals surface area contributed by atoms with Gasteiger partial charge in [-0.3, -0.25) is 0 Å². The number of hydrogen-bond donors (Lipinski definition) is 1. The van der Waals surface area contributed by atoms with Gasteiger partial charge in [0.2, 0.25) is 0 Å². The number of carbonyl (C=O) groups is 1. The Bertz CT molecular complexity index is 656. The monoisotopic (exact) mass is 344 g/mol. The summed E-state index contributed by atoms with van der Waals surface area (Å²) in [5.41, 5.74) is 1.13. The topological polar surface area (TPSA) is 50.2 Å². The molecular weight excluding hydrogens is 320 g/mol. The second-order valence-corrected chi connectivity index (χ2v) is 7.07. The third kappa shape index (κ3) is 3.93. The quantitative estimate of drug-likeness (QED) is 0.844. The van der Waals surface area contributed by atoms with Gasteiger partial charge in [0.05, 0.1) is 18.4 Å². The van der Waals surface area contributed by atoms with Gasteiger partial charge in [0.25, 0.3) is 0 Å². The lowest BCUT2D eigenvalue weighted by atomic mass is 10.1. The number of imidazole rings is 1. The number of carbonyl (C=O) groups excluding carboxylic acids is 1. The third-order valence-electron chi connectivity index (χ3n) is 4.57. The fourth-order valence-electron chi connectivity index (χ4n) is 3.18. The predicted octanol–water partition coefficient (Wildman–Crippen LogP) is 3.54. The molecule has 0 spiro atoms. The molecule has 5 nitrogen and oxygen atoms in total. The fourth-order valence-corrected chi connectivity index (χ4v) is 3.58. The maximum Gasteiger partial charge on any atom is 0.318 e. The van der Waals surface area contributed by atoms with Crippen molar-refractivity contribution in [2.45, 2.75) is 43.3 Å². The lowest BCUT2D eigenvalue weighted by molar-refractivity contribution is 0.184. The highest BCUT2D eigenvalue weighted by Gasteiger charge is 2.29. The molecule has 6 heteroatoms. The van der Waals surface area contributed by atoms with E-state index in [1.807, 2.05) is 28.9 Å². The normalized spacial score (nSPS) is 18.6. The Labute approximate surface area is 147 Å². The molecule has 1 aromatic carbocycles. The minimum Gasteiger partial charge on any atom is -0.335 e. The molecule has 2 atom stereocenters. The summed E-state index contributed by atoms with van der Waals surface area (Å²) < 4.78 is 2.04. The number of aromatic nitrogens is 2. The van der Waals surface area contributed by atoms with Crippen LogP contribution in [0.4, 0.5) is 4.79 Å². The number of benzene rings is 1. The van der Waals surface area contributed by atoms with E-state index in [1.165, 1.54) is 4.90 Å². The molecule has 1 aromatic heterocycles. The molecular formula is C18H24N4OS. The number of likely N-dealkylation sites (tertiary alicyclic amines) is 1. The van der Waals surface area contributed by atoms with Gasteiger partial charge in [-0.05, 0) is 43.7 Å². The van der Waals surface area contributed by atoms with E-state index in [2.05, 4.69) is 40.8 Å². The van der Waals surface area contributed by atoms with Crippen molar-refractivity contribution in [1.29, 1.82) is 0 Å². The number of nitrogens with one attached hydrogen (secondary N) is 1. The molecule has 0 radical (unpaired) electrons. The summed E-state index contributed by atoms with van der Waals surface area (Å²) >= 11 is 1.72. The number of amides is 2. The Morgan fingerprint density at radius 1 is 1.42 bits per heavy atom. The molecule has 1 N–H and O–H groups in total. The first-order valence-electron chi connectivity index (χ1n) is 8.34. The number of hydrogen-bond acceptors (Lipinski definition) is 3. The van der Waals surface area contributed by atoms with Crippen LogP contribution in [0.25, 0.3) is 0 Å². The minimum atomic E-state index is 0.00269. The molecule has 2 amide bonds. The summed E-state index contributed by atoms with van der Waals surface area (Å²) in [4.78, 5) is 20.0. The SMILES string of the molecule is CSc1ccc([C@@H](C)NC(=O)N2CCCC2Cn2ccnc2)cc1. The first-order valence-corrected chi connectivity index (χ1v) is 9.56. The summed E-state index contributed by atoms with van der Waals surface area (Å²) in [5.74, 6) is 0. The lowest BCUT2D eigenvalue weighted by Gasteiger charge is -2.27. The highest BCUT2D eigenvalue weighted by Crippen LogP contribution is 2.22. The largest absolute Gasteiger partial charge is 0.335 e. The van der Waals surface area contributed by atoms with Crippen LogP contribution >= 0.6 is 11.8 Å². The molecule has 2 heterocycles. The van der Waals surface area contributed by atoms with Crippen LogP contribution in [0.2, 0.25) is 0 Å². The van der Waals surface area contributed by atoms with E-state index >= 15 is 0 Å². The Hall–Kier alpha value is -1.95. The maximum absolute atomic E-state index is 12.7. The first-order chi connectivity index (χ1) is 11.7. The van der Waals surface area contributed by atoms with Crippen LogP contribution in [0.3, 0.4) is 0 Å². The average Bonchev–Trinajstić information content (AvgIpc) is 3.27. The molecule has 1 aliphatic heterocycles. The van der Waals surface area contributed by atoms with Crippen LogP contribution < -0.4 is 5.32 Å². The second kappa shape index (κ2) is 7.75. The molecule has 1 fully saturated rings. The maximum atomic E-state index is 12.7. The lowest BCUT2D eigenvalue weighted by Crippen LogP contribution is -2.45. The highest BCUT2D eigenvalue weighted by atomic mass is 32.2. The summed E-state index contributed by atoms with van der Waals surface area (Å²) in [5, 5.41) is 3.14. The van der Waals surface area contributed by atoms with E-state index in [0.717, 1.165) is 31.5 Å². The van der Waals surface area contributed by atoms with E-state index in [1.54, 1.807) is 18.0 Å². The Kier molecular flexibility index (Phi) is 5.45. The molecule has 0 aliphatic carbocycles. The molecule has 24 heavy (non-hydrogen) atoms. The zero-order chi connectivity index (χ0) is 16.9. The van der Waals surface area contributed by atoms with Gasteiger partial charge in [0, 0.05) is 30.4 Å². The van der Waals surface area contributed by atoms with Crippen LogP contribution in [-0.2, 0) is 6.54 Å². The van der Waals surface area contributed by atoms with Crippen LogP contribution in [-0.4, -0.2) is 39.3 Å². The van der Waals surface area contributed by atoms with Crippen molar-refractivity contribution in [2.24, 2.45) is 0 Å². The van der Waals surface area contributed by atoms with Gasteiger partial charge in [-0.2, -0.15) is 0 Å². The van der Waals surface area contributed by atoms with Crippen molar-refractivity contribution in [3.8, 4) is 0 Å². The fraction of sp³-hybridized carbons (Fsp3) is 0.444. The van der Waals surface area contributed by atoms with Crippen molar-refractivity contribution in [1.82, 2.24) is 19.8 Å². The zero-order valence-electron chi connectivity index (χ0n) is 14.2. The van der Waals surface area contributed by atoms with E-state index in [9.17, 15) is 4.79 Å². The summed E-state index contributed by atoms with van der Waals surface area (Å²) in [6, 6.07) is 8.64. The predicted molar refractivity (Wildman–Crippen MR) is 97.1 cm³/mol. The van der Waals surface area contributed by atoms with Crippen LogP contribution in [0.1, 0.15) is 31.4 Å². The smallest absolute Gasteiger partial charge is 0.318 e. The van der Waals surface area contributed by atoms with Gasteiger partial charge in [0.1, 0.15) is 0 Å². The van der Waals surface area contributed by atoms with Crippen LogP contribution in [0.15, 0.2) is 47.9 Å². The highest BCUT2D eigenvalue weighted by molar-refractivity contribution is 7.98. The molecule has 0 saturated carbocycles. The first kappa shape index (κ1) is 16.9. The number of urea groups is 1. The van der Waals surface area contributed by atoms with Crippen molar-refractivity contribution < 1.29 is 4.79 Å². The van der Waals surface area contributed by atoms with E-state index < -0.39 is 0 Å². The number of rotatable bonds is 5. The van der Waals surface area contributed by atoms with Gasteiger partial charge in [-0.1, -0.05) is 12.1 Å². The summed E-state index contributed by atoms with van der Waals surface area (Å²) in [7, 11) is 0. The third-order valence-corrected chi connectivity index (χ3v) is 5.32. The van der Waals surface area contributed by atoms with E-state index in [-0.39, 0.29) is 18.1 Å². The molecule has 1 aliphatic rings. The van der Waals surface area contributed by atoms with E-state index in [0.29, 0.717) is 0 Å². The van der Waals surface area contributed by atoms with Gasteiger partial charge in [0.15, 0.2) is 0 Å². The van der Waals surface area contributed by atoms with Crippen molar-refractivity contribution >= 4 is 17.8 Å². The van der Waals surface area contributed by atoms with Gasteiger partial charge >= 0.3 is 6.03 Å². The Morgan fingerprint density at radius 3 is 2.88 bits per heavy atom. The summed E-state index contributed by atoms with van der Waals surface area (Å²) in [6.07, 6.45) is 9.70. The zero-order valence-corrected chi connectivity index (χ0v) is 15.0. The molecule has 1 unspecified atom stereocenters. The van der Waals surface area contributed by atoms with Gasteiger partial charge in [-0.25, -0.2) is 9.78 Å². The van der Waals surface area contributed by atoms with E-state index in [4.69, 9.17) is 0 Å². The van der Waals surface area contributed by atoms with Crippen molar-refractivity contribution in [3.63, 3.8) is 0 Å². The minimum absolute atomic E-state index is 0.00269. The average molecular weight is 344 g/mol. The Balaban J connectivity index is 1.60. The molecule has 2 aromatic rings. The van der Waals surface area contributed by atoms with Gasteiger partial charge in [-0.15, -0.1) is 11.8 Å². The molecule has 128 valence electrons. The standard InChI is InChI=1S/C18H24N4OS/c1-14(15-5-7-17(24-2)8-6-15)20-18(23)22-10-3-4-16(22)12-21-11-9-19-13-21/h5-9,11,13-14,16H,3-4,10,12H2,1-2H3,(H,20,23)/t14-,16?/m1/s1. The number of thioether (sulfide) groups is 1.